The highest BCUT2D eigenvalue weighted by Crippen LogP contribution is 2.25. The predicted molar refractivity (Wildman–Crippen MR) is 83.4 cm³/mol. The van der Waals surface area contributed by atoms with Gasteiger partial charge < -0.3 is 9.84 Å². The lowest BCUT2D eigenvalue weighted by atomic mass is 10.1. The van der Waals surface area contributed by atoms with Crippen molar-refractivity contribution < 1.29 is 14.2 Å². The number of nitrogens with zero attached hydrogens (tertiary/aromatic N) is 3. The maximum Gasteiger partial charge on any atom is 0.165 e. The topological polar surface area (TPSA) is 60.2 Å². The van der Waals surface area contributed by atoms with E-state index in [0.29, 0.717) is 5.56 Å². The van der Waals surface area contributed by atoms with Gasteiger partial charge in [0, 0.05) is 24.2 Å². The summed E-state index contributed by atoms with van der Waals surface area (Å²) in [7, 11) is 1.40. The van der Waals surface area contributed by atoms with Gasteiger partial charge in [-0.1, -0.05) is 6.07 Å². The number of aliphatic hydroxyl groups is 1. The Kier molecular flexibility index (Phi) is 4.34. The van der Waals surface area contributed by atoms with E-state index in [-0.39, 0.29) is 12.3 Å². The minimum absolute atomic E-state index is 0.150. The average molecular weight is 313 g/mol. The molecule has 6 heteroatoms. The van der Waals surface area contributed by atoms with Crippen LogP contribution in [-0.4, -0.2) is 27.0 Å². The molecule has 3 rings (SSSR count). The van der Waals surface area contributed by atoms with E-state index in [1.54, 1.807) is 29.3 Å². The SMILES string of the molecule is COc1ccc([C@@H](O)Cn2nccc2-c2ccncc2)cc1F. The minimum Gasteiger partial charge on any atom is -0.494 e. The average Bonchev–Trinajstić information content (AvgIpc) is 3.03. The molecule has 23 heavy (non-hydrogen) atoms. The van der Waals surface area contributed by atoms with Crippen LogP contribution in [0, 0.1) is 5.82 Å². The van der Waals surface area contributed by atoms with E-state index < -0.39 is 11.9 Å². The monoisotopic (exact) mass is 313 g/mol. The highest BCUT2D eigenvalue weighted by Gasteiger charge is 2.14. The minimum atomic E-state index is -0.879. The van der Waals surface area contributed by atoms with Gasteiger partial charge in [0.05, 0.1) is 25.5 Å². The third-order valence-electron chi connectivity index (χ3n) is 3.60. The van der Waals surface area contributed by atoms with Crippen molar-refractivity contribution in [3.8, 4) is 17.0 Å². The molecule has 0 aliphatic rings. The van der Waals surface area contributed by atoms with Gasteiger partial charge in [0.25, 0.3) is 0 Å². The van der Waals surface area contributed by atoms with Gasteiger partial charge in [0.1, 0.15) is 0 Å². The second kappa shape index (κ2) is 6.58. The Morgan fingerprint density at radius 2 is 1.96 bits per heavy atom. The van der Waals surface area contributed by atoms with E-state index in [1.807, 2.05) is 18.2 Å². The van der Waals surface area contributed by atoms with Gasteiger partial charge in [0.2, 0.25) is 0 Å². The van der Waals surface area contributed by atoms with Crippen LogP contribution in [0.3, 0.4) is 0 Å². The van der Waals surface area contributed by atoms with Crippen molar-refractivity contribution in [1.82, 2.24) is 14.8 Å². The van der Waals surface area contributed by atoms with Gasteiger partial charge in [-0.15, -0.1) is 0 Å². The Hall–Kier alpha value is -2.73. The summed E-state index contributed by atoms with van der Waals surface area (Å²) >= 11 is 0. The van der Waals surface area contributed by atoms with E-state index in [2.05, 4.69) is 10.1 Å². The van der Waals surface area contributed by atoms with Crippen LogP contribution in [-0.2, 0) is 6.54 Å². The summed E-state index contributed by atoms with van der Waals surface area (Å²) in [6.07, 6.45) is 4.18. The number of hydrogen-bond acceptors (Lipinski definition) is 4. The highest BCUT2D eigenvalue weighted by molar-refractivity contribution is 5.58. The Morgan fingerprint density at radius 1 is 1.17 bits per heavy atom. The summed E-state index contributed by atoms with van der Waals surface area (Å²) < 4.78 is 20.3. The van der Waals surface area contributed by atoms with Gasteiger partial charge in [-0.3, -0.25) is 9.67 Å². The number of rotatable bonds is 5. The molecule has 3 aromatic rings. The van der Waals surface area contributed by atoms with Gasteiger partial charge in [0.15, 0.2) is 11.6 Å². The van der Waals surface area contributed by atoms with Crippen molar-refractivity contribution in [3.05, 3.63) is 66.4 Å². The first-order chi connectivity index (χ1) is 11.2. The number of aliphatic hydroxyl groups excluding tert-OH is 1. The zero-order valence-corrected chi connectivity index (χ0v) is 12.6. The van der Waals surface area contributed by atoms with E-state index in [9.17, 15) is 9.50 Å². The summed E-state index contributed by atoms with van der Waals surface area (Å²) in [5.74, 6) is -0.351. The fourth-order valence-electron chi connectivity index (χ4n) is 2.41. The second-order valence-electron chi connectivity index (χ2n) is 5.04. The first-order valence-electron chi connectivity index (χ1n) is 7.12. The number of pyridine rings is 1. The van der Waals surface area contributed by atoms with Crippen molar-refractivity contribution in [3.63, 3.8) is 0 Å². The molecule has 0 bridgehead atoms. The summed E-state index contributed by atoms with van der Waals surface area (Å²) in [4.78, 5) is 3.99. The molecule has 2 heterocycles. The summed E-state index contributed by atoms with van der Waals surface area (Å²) in [6.45, 7) is 0.219. The predicted octanol–water partition coefficient (Wildman–Crippen LogP) is 2.83. The molecule has 0 saturated carbocycles. The number of ether oxygens (including phenoxy) is 1. The van der Waals surface area contributed by atoms with Crippen LogP contribution in [0.4, 0.5) is 4.39 Å². The molecule has 0 unspecified atom stereocenters. The van der Waals surface area contributed by atoms with E-state index in [1.165, 1.54) is 19.2 Å². The van der Waals surface area contributed by atoms with Crippen LogP contribution >= 0.6 is 0 Å². The highest BCUT2D eigenvalue weighted by atomic mass is 19.1. The normalized spacial score (nSPS) is 12.1. The number of hydrogen-bond donors (Lipinski definition) is 1. The number of benzene rings is 1. The van der Waals surface area contributed by atoms with Crippen molar-refractivity contribution in [2.45, 2.75) is 12.6 Å². The van der Waals surface area contributed by atoms with Gasteiger partial charge in [-0.25, -0.2) is 4.39 Å². The molecule has 0 aliphatic carbocycles. The Morgan fingerprint density at radius 3 is 2.65 bits per heavy atom. The van der Waals surface area contributed by atoms with Crippen LogP contribution < -0.4 is 4.74 Å². The molecule has 118 valence electrons. The largest absolute Gasteiger partial charge is 0.494 e. The number of methoxy groups -OCH3 is 1. The molecule has 2 aromatic heterocycles. The molecule has 1 atom stereocenters. The zero-order valence-electron chi connectivity index (χ0n) is 12.6. The summed E-state index contributed by atoms with van der Waals surface area (Å²) in [5, 5.41) is 14.6. The molecular weight excluding hydrogens is 297 g/mol. The number of halogens is 1. The standard InChI is InChI=1S/C17H16FN3O2/c1-23-17-3-2-13(10-14(17)18)16(22)11-21-15(6-9-20-21)12-4-7-19-8-5-12/h2-10,16,22H,11H2,1H3/t16-/m0/s1. The molecule has 5 nitrogen and oxygen atoms in total. The Labute approximate surface area is 133 Å². The van der Waals surface area contributed by atoms with Crippen LogP contribution in [0.25, 0.3) is 11.3 Å². The molecule has 0 aliphatic heterocycles. The molecule has 0 fully saturated rings. The van der Waals surface area contributed by atoms with E-state index in [0.717, 1.165) is 11.3 Å². The molecular formula is C17H16FN3O2. The Bertz CT molecular complexity index is 790. The van der Waals surface area contributed by atoms with Crippen LogP contribution in [0.15, 0.2) is 55.0 Å². The molecule has 0 spiro atoms. The first-order valence-corrected chi connectivity index (χ1v) is 7.12. The zero-order chi connectivity index (χ0) is 16.2. The molecule has 0 radical (unpaired) electrons. The maximum atomic E-state index is 13.8. The third-order valence-corrected chi connectivity index (χ3v) is 3.60. The maximum absolute atomic E-state index is 13.8. The molecule has 1 aromatic carbocycles. The summed E-state index contributed by atoms with van der Waals surface area (Å²) in [5.41, 5.74) is 2.28. The van der Waals surface area contributed by atoms with Crippen molar-refractivity contribution in [1.29, 1.82) is 0 Å². The van der Waals surface area contributed by atoms with Crippen molar-refractivity contribution >= 4 is 0 Å². The van der Waals surface area contributed by atoms with Gasteiger partial charge >= 0.3 is 0 Å². The Balaban J connectivity index is 1.83. The lowest BCUT2D eigenvalue weighted by Gasteiger charge is -2.14. The summed E-state index contributed by atoms with van der Waals surface area (Å²) in [6, 6.07) is 10.0. The van der Waals surface area contributed by atoms with Crippen LogP contribution in [0.2, 0.25) is 0 Å². The van der Waals surface area contributed by atoms with E-state index >= 15 is 0 Å². The van der Waals surface area contributed by atoms with Crippen molar-refractivity contribution in [2.24, 2.45) is 0 Å². The smallest absolute Gasteiger partial charge is 0.165 e. The third kappa shape index (κ3) is 3.22. The van der Waals surface area contributed by atoms with E-state index in [4.69, 9.17) is 4.74 Å². The van der Waals surface area contributed by atoms with Crippen LogP contribution in [0.1, 0.15) is 11.7 Å². The quantitative estimate of drug-likeness (QED) is 0.787. The van der Waals surface area contributed by atoms with Gasteiger partial charge in [-0.05, 0) is 35.9 Å². The fraction of sp³-hybridized carbons (Fsp3) is 0.176. The lowest BCUT2D eigenvalue weighted by molar-refractivity contribution is 0.151. The first kappa shape index (κ1) is 15.2. The van der Waals surface area contributed by atoms with Crippen LogP contribution in [0.5, 0.6) is 5.75 Å². The molecule has 0 saturated heterocycles. The number of aromatic nitrogens is 3. The second-order valence-corrected chi connectivity index (χ2v) is 5.04. The van der Waals surface area contributed by atoms with Gasteiger partial charge in [-0.2, -0.15) is 5.10 Å². The molecule has 1 N–H and O–H groups in total. The van der Waals surface area contributed by atoms with Crippen molar-refractivity contribution in [2.75, 3.05) is 7.11 Å². The molecule has 0 amide bonds. The lowest BCUT2D eigenvalue weighted by Crippen LogP contribution is -2.11. The fourth-order valence-corrected chi connectivity index (χ4v) is 2.41.